The molecule has 1 unspecified atom stereocenters. The molecule has 0 saturated carbocycles. The first-order valence-corrected chi connectivity index (χ1v) is 9.82. The summed E-state index contributed by atoms with van der Waals surface area (Å²) in [4.78, 5) is 10.1. The van der Waals surface area contributed by atoms with Crippen LogP contribution in [0.3, 0.4) is 0 Å². The van der Waals surface area contributed by atoms with Crippen molar-refractivity contribution in [1.29, 1.82) is 0 Å². The van der Waals surface area contributed by atoms with Crippen LogP contribution in [0.15, 0.2) is 33.2 Å². The molecule has 27 heavy (non-hydrogen) atoms. The number of ether oxygens (including phenoxy) is 1. The van der Waals surface area contributed by atoms with Gasteiger partial charge in [-0.05, 0) is 31.2 Å². The van der Waals surface area contributed by atoms with E-state index in [1.807, 2.05) is 24.4 Å². The maximum Gasteiger partial charge on any atom is 0.236 e. The lowest BCUT2D eigenvalue weighted by atomic mass is 9.84. The van der Waals surface area contributed by atoms with Crippen molar-refractivity contribution in [2.45, 2.75) is 26.3 Å². The van der Waals surface area contributed by atoms with Gasteiger partial charge in [-0.2, -0.15) is 0 Å². The largest absolute Gasteiger partial charge is 0.443 e. The van der Waals surface area contributed by atoms with Crippen LogP contribution in [0.2, 0.25) is 0 Å². The number of hydrogen-bond acceptors (Lipinski definition) is 6. The number of thiophene rings is 1. The third-order valence-corrected chi connectivity index (χ3v) is 5.34. The molecule has 7 nitrogen and oxygen atoms in total. The fourth-order valence-corrected chi connectivity index (χ4v) is 3.63. The van der Waals surface area contributed by atoms with E-state index >= 15 is 0 Å². The first-order valence-electron chi connectivity index (χ1n) is 8.94. The standard InChI is InChI=1S/C18H26N4O3S.HI/c1-2-19-17(21-12-18(5-7-23)6-8-24-13-18)20-10-14-11-25-16(22-14)15-4-3-9-26-15;/h3-4,9,11,23H,2,5-8,10,12-13H2,1H3,(H2,19,20,21);1H. The summed E-state index contributed by atoms with van der Waals surface area (Å²) in [7, 11) is 0. The second kappa shape index (κ2) is 11.0. The molecule has 1 atom stereocenters. The highest BCUT2D eigenvalue weighted by Gasteiger charge is 2.34. The summed E-state index contributed by atoms with van der Waals surface area (Å²) < 4.78 is 11.1. The van der Waals surface area contributed by atoms with Crippen LogP contribution in [-0.4, -0.2) is 49.0 Å². The van der Waals surface area contributed by atoms with Crippen LogP contribution in [0.5, 0.6) is 0 Å². The molecule has 0 radical (unpaired) electrons. The van der Waals surface area contributed by atoms with E-state index in [1.165, 1.54) is 0 Å². The highest BCUT2D eigenvalue weighted by Crippen LogP contribution is 2.31. The summed E-state index contributed by atoms with van der Waals surface area (Å²) >= 11 is 1.60. The number of aliphatic hydroxyl groups excluding tert-OH is 1. The molecular weight excluding hydrogens is 479 g/mol. The minimum absolute atomic E-state index is 0. The molecule has 1 aliphatic heterocycles. The van der Waals surface area contributed by atoms with Crippen LogP contribution in [-0.2, 0) is 11.3 Å². The van der Waals surface area contributed by atoms with Gasteiger partial charge in [0.15, 0.2) is 5.96 Å². The van der Waals surface area contributed by atoms with Crippen molar-refractivity contribution >= 4 is 41.3 Å². The Bertz CT molecular complexity index is 699. The Morgan fingerprint density at radius 1 is 1.44 bits per heavy atom. The fraction of sp³-hybridized carbons (Fsp3) is 0.556. The lowest BCUT2D eigenvalue weighted by molar-refractivity contribution is 0.127. The van der Waals surface area contributed by atoms with Gasteiger partial charge in [0.2, 0.25) is 5.89 Å². The van der Waals surface area contributed by atoms with E-state index in [0.717, 1.165) is 49.1 Å². The van der Waals surface area contributed by atoms with E-state index in [-0.39, 0.29) is 36.0 Å². The van der Waals surface area contributed by atoms with Crippen molar-refractivity contribution in [1.82, 2.24) is 15.6 Å². The zero-order chi connectivity index (χ0) is 18.2. The first-order chi connectivity index (χ1) is 12.7. The molecule has 2 aromatic rings. The number of hydrogen-bond donors (Lipinski definition) is 3. The first kappa shape index (κ1) is 22.1. The van der Waals surface area contributed by atoms with Crippen LogP contribution < -0.4 is 10.6 Å². The van der Waals surface area contributed by atoms with Crippen LogP contribution in [0, 0.1) is 5.41 Å². The quantitative estimate of drug-likeness (QED) is 0.290. The summed E-state index contributed by atoms with van der Waals surface area (Å²) in [6, 6.07) is 3.96. The molecule has 2 aromatic heterocycles. The maximum absolute atomic E-state index is 9.35. The zero-order valence-corrected chi connectivity index (χ0v) is 18.6. The normalized spacial score (nSPS) is 19.7. The Hall–Kier alpha value is -1.17. The number of aliphatic hydroxyl groups is 1. The SMILES string of the molecule is CCNC(=NCc1coc(-c2cccs2)n1)NCC1(CCO)CCOC1.I. The number of rotatable bonds is 8. The van der Waals surface area contributed by atoms with E-state index in [4.69, 9.17) is 9.15 Å². The lowest BCUT2D eigenvalue weighted by Crippen LogP contribution is -2.44. The van der Waals surface area contributed by atoms with Gasteiger partial charge in [-0.15, -0.1) is 35.3 Å². The molecule has 0 bridgehead atoms. The number of oxazole rings is 1. The van der Waals surface area contributed by atoms with Gasteiger partial charge in [-0.3, -0.25) is 0 Å². The maximum atomic E-state index is 9.35. The molecule has 150 valence electrons. The Kier molecular flexibility index (Phi) is 9.00. The van der Waals surface area contributed by atoms with Gasteiger partial charge in [-0.1, -0.05) is 6.07 Å². The lowest BCUT2D eigenvalue weighted by Gasteiger charge is -2.27. The van der Waals surface area contributed by atoms with Crippen LogP contribution in [0.1, 0.15) is 25.5 Å². The van der Waals surface area contributed by atoms with Crippen molar-refractivity contribution in [2.24, 2.45) is 10.4 Å². The molecule has 3 N–H and O–H groups in total. The Morgan fingerprint density at radius 2 is 2.33 bits per heavy atom. The highest BCUT2D eigenvalue weighted by molar-refractivity contribution is 14.0. The number of aliphatic imine (C=N–C) groups is 1. The van der Waals surface area contributed by atoms with Crippen LogP contribution >= 0.6 is 35.3 Å². The smallest absolute Gasteiger partial charge is 0.236 e. The summed E-state index contributed by atoms with van der Waals surface area (Å²) in [6.45, 7) is 5.56. The molecule has 0 spiro atoms. The summed E-state index contributed by atoms with van der Waals surface area (Å²) in [6.07, 6.45) is 3.33. The van der Waals surface area contributed by atoms with Gasteiger partial charge < -0.3 is 24.9 Å². The molecule has 0 amide bonds. The van der Waals surface area contributed by atoms with Crippen LogP contribution in [0.25, 0.3) is 10.8 Å². The van der Waals surface area contributed by atoms with Crippen molar-refractivity contribution in [3.8, 4) is 10.8 Å². The Labute approximate surface area is 180 Å². The number of guanidine groups is 1. The van der Waals surface area contributed by atoms with Gasteiger partial charge in [0, 0.05) is 31.7 Å². The predicted octanol–water partition coefficient (Wildman–Crippen LogP) is 2.87. The van der Waals surface area contributed by atoms with Crippen molar-refractivity contribution in [2.75, 3.05) is 32.9 Å². The molecule has 9 heteroatoms. The van der Waals surface area contributed by atoms with E-state index < -0.39 is 0 Å². The highest BCUT2D eigenvalue weighted by atomic mass is 127. The molecule has 3 rings (SSSR count). The van der Waals surface area contributed by atoms with E-state index in [2.05, 4.69) is 20.6 Å². The molecular formula is C18H27IN4O3S. The second-order valence-electron chi connectivity index (χ2n) is 6.45. The minimum Gasteiger partial charge on any atom is -0.443 e. The number of aromatic nitrogens is 1. The molecule has 0 aromatic carbocycles. The molecule has 0 aliphatic carbocycles. The molecule has 1 fully saturated rings. The molecule has 1 saturated heterocycles. The van der Waals surface area contributed by atoms with Gasteiger partial charge in [0.05, 0.1) is 18.0 Å². The summed E-state index contributed by atoms with van der Waals surface area (Å²) in [5.74, 6) is 1.37. The van der Waals surface area contributed by atoms with E-state index in [9.17, 15) is 5.11 Å². The van der Waals surface area contributed by atoms with E-state index in [0.29, 0.717) is 19.0 Å². The summed E-state index contributed by atoms with van der Waals surface area (Å²) in [5, 5.41) is 18.0. The average Bonchev–Trinajstić information content (AvgIpc) is 3.39. The van der Waals surface area contributed by atoms with Crippen LogP contribution in [0.4, 0.5) is 0 Å². The third kappa shape index (κ3) is 6.16. The molecule has 1 aliphatic rings. The van der Waals surface area contributed by atoms with Gasteiger partial charge in [0.25, 0.3) is 0 Å². The fourth-order valence-electron chi connectivity index (χ4n) is 2.98. The molecule has 3 heterocycles. The van der Waals surface area contributed by atoms with E-state index in [1.54, 1.807) is 17.6 Å². The average molecular weight is 506 g/mol. The monoisotopic (exact) mass is 506 g/mol. The van der Waals surface area contributed by atoms with Gasteiger partial charge in [-0.25, -0.2) is 9.98 Å². The topological polar surface area (TPSA) is 91.9 Å². The number of halogens is 1. The third-order valence-electron chi connectivity index (χ3n) is 4.49. The second-order valence-corrected chi connectivity index (χ2v) is 7.39. The number of nitrogens with one attached hydrogen (secondary N) is 2. The predicted molar refractivity (Wildman–Crippen MR) is 118 cm³/mol. The van der Waals surface area contributed by atoms with Crippen molar-refractivity contribution in [3.05, 3.63) is 29.5 Å². The Morgan fingerprint density at radius 3 is 3.00 bits per heavy atom. The zero-order valence-electron chi connectivity index (χ0n) is 15.4. The van der Waals surface area contributed by atoms with Crippen molar-refractivity contribution in [3.63, 3.8) is 0 Å². The Balaban J connectivity index is 0.00000261. The van der Waals surface area contributed by atoms with Gasteiger partial charge >= 0.3 is 0 Å². The minimum atomic E-state index is -0.0226. The summed E-state index contributed by atoms with van der Waals surface area (Å²) in [5.41, 5.74) is 0.769. The number of nitrogens with zero attached hydrogens (tertiary/aromatic N) is 2. The van der Waals surface area contributed by atoms with Crippen molar-refractivity contribution < 1.29 is 14.3 Å². The van der Waals surface area contributed by atoms with Gasteiger partial charge in [0.1, 0.15) is 12.0 Å².